The first kappa shape index (κ1) is 20.8. The quantitative estimate of drug-likeness (QED) is 0.811. The molecule has 1 saturated heterocycles. The Morgan fingerprint density at radius 3 is 2.48 bits per heavy atom. The van der Waals surface area contributed by atoms with Gasteiger partial charge in [0.05, 0.1) is 11.6 Å². The Morgan fingerprint density at radius 2 is 1.95 bits per heavy atom. The van der Waals surface area contributed by atoms with Gasteiger partial charge in [-0.3, -0.25) is 4.90 Å². The van der Waals surface area contributed by atoms with E-state index in [9.17, 15) is 5.11 Å². The summed E-state index contributed by atoms with van der Waals surface area (Å²) < 4.78 is 5.99. The van der Waals surface area contributed by atoms with Crippen molar-refractivity contribution in [3.63, 3.8) is 0 Å². The number of piperazine rings is 1. The molecule has 2 rings (SSSR count). The molecule has 7 heteroatoms. The van der Waals surface area contributed by atoms with Crippen LogP contribution in [0.3, 0.4) is 0 Å². The minimum atomic E-state index is 0. The van der Waals surface area contributed by atoms with Crippen molar-refractivity contribution in [2.75, 3.05) is 33.3 Å². The van der Waals surface area contributed by atoms with Crippen LogP contribution < -0.4 is 10.1 Å². The summed E-state index contributed by atoms with van der Waals surface area (Å²) in [6, 6.07) is 3.97. The van der Waals surface area contributed by atoms with Gasteiger partial charge in [0.15, 0.2) is 0 Å². The molecule has 0 spiro atoms. The van der Waals surface area contributed by atoms with Crippen molar-refractivity contribution < 1.29 is 9.84 Å². The molecule has 0 saturated carbocycles. The summed E-state index contributed by atoms with van der Waals surface area (Å²) in [5, 5.41) is 13.7. The number of benzene rings is 1. The molecule has 1 aliphatic heterocycles. The van der Waals surface area contributed by atoms with Crippen LogP contribution in [0.25, 0.3) is 0 Å². The first-order chi connectivity index (χ1) is 9.17. The average molecular weight is 402 g/mol. The summed E-state index contributed by atoms with van der Waals surface area (Å²) in [4.78, 5) is 2.41. The molecule has 1 aliphatic rings. The van der Waals surface area contributed by atoms with Crippen LogP contribution in [0, 0.1) is 0 Å². The molecule has 1 heterocycles. The highest BCUT2D eigenvalue weighted by Crippen LogP contribution is 2.39. The lowest BCUT2D eigenvalue weighted by molar-refractivity contribution is 0.166. The summed E-state index contributed by atoms with van der Waals surface area (Å²) >= 11 is 3.40. The van der Waals surface area contributed by atoms with Gasteiger partial charge >= 0.3 is 0 Å². The number of methoxy groups -OCH3 is 1. The summed E-state index contributed by atoms with van der Waals surface area (Å²) in [5.41, 5.74) is 0.940. The molecule has 21 heavy (non-hydrogen) atoms. The maximum absolute atomic E-state index is 10.3. The fourth-order valence-corrected chi connectivity index (χ4v) is 3.09. The van der Waals surface area contributed by atoms with E-state index in [1.54, 1.807) is 13.2 Å². The van der Waals surface area contributed by atoms with Crippen molar-refractivity contribution >= 4 is 40.7 Å². The normalized spacial score (nSPS) is 16.5. The number of hydrogen-bond acceptors (Lipinski definition) is 4. The molecule has 0 aliphatic carbocycles. The summed E-state index contributed by atoms with van der Waals surface area (Å²) in [6.45, 7) is 6.17. The van der Waals surface area contributed by atoms with E-state index in [2.05, 4.69) is 33.1 Å². The first-order valence-electron chi connectivity index (χ1n) is 6.68. The van der Waals surface area contributed by atoms with E-state index in [0.717, 1.165) is 43.9 Å². The van der Waals surface area contributed by atoms with Crippen LogP contribution >= 0.6 is 40.7 Å². The zero-order valence-corrected chi connectivity index (χ0v) is 15.5. The maximum Gasteiger partial charge on any atom is 0.134 e. The largest absolute Gasteiger partial charge is 0.506 e. The van der Waals surface area contributed by atoms with Gasteiger partial charge in [-0.25, -0.2) is 0 Å². The van der Waals surface area contributed by atoms with E-state index < -0.39 is 0 Å². The van der Waals surface area contributed by atoms with E-state index in [1.807, 2.05) is 6.07 Å². The van der Waals surface area contributed by atoms with Gasteiger partial charge in [-0.05, 0) is 34.5 Å². The highest BCUT2D eigenvalue weighted by atomic mass is 79.9. The molecule has 0 bridgehead atoms. The number of phenols is 1. The van der Waals surface area contributed by atoms with Crippen molar-refractivity contribution in [3.05, 3.63) is 22.2 Å². The van der Waals surface area contributed by atoms with E-state index in [-0.39, 0.29) is 30.9 Å². The second kappa shape index (κ2) is 9.74. The number of halogens is 3. The third-order valence-corrected chi connectivity index (χ3v) is 4.24. The standard InChI is InChI=1S/C14H21BrN2O2.2ClH/c1-3-13(17-6-4-16-5-7-17)11-8-10(19-2)9-12(15)14(11)18;;/h8-9,13,16,18H,3-7H2,1-2H3;2*1H/t13-;;/m1../s1. The summed E-state index contributed by atoms with van der Waals surface area (Å²) in [7, 11) is 1.65. The molecule has 122 valence electrons. The van der Waals surface area contributed by atoms with Gasteiger partial charge in [0, 0.05) is 37.8 Å². The second-order valence-corrected chi connectivity index (χ2v) is 5.61. The number of rotatable bonds is 4. The number of ether oxygens (including phenoxy) is 1. The highest BCUT2D eigenvalue weighted by Gasteiger charge is 2.24. The Balaban J connectivity index is 0.00000200. The molecular formula is C14H23BrCl2N2O2. The van der Waals surface area contributed by atoms with Gasteiger partial charge in [-0.1, -0.05) is 6.92 Å². The molecule has 1 aromatic rings. The zero-order chi connectivity index (χ0) is 13.8. The summed E-state index contributed by atoms with van der Waals surface area (Å²) in [5.74, 6) is 1.10. The van der Waals surface area contributed by atoms with Gasteiger partial charge in [0.25, 0.3) is 0 Å². The van der Waals surface area contributed by atoms with E-state index in [0.29, 0.717) is 10.2 Å². The van der Waals surface area contributed by atoms with Gasteiger partial charge < -0.3 is 15.2 Å². The molecule has 4 nitrogen and oxygen atoms in total. The van der Waals surface area contributed by atoms with E-state index in [4.69, 9.17) is 4.74 Å². The Hall–Kier alpha value is -0.200. The van der Waals surface area contributed by atoms with Crippen molar-refractivity contribution in [1.82, 2.24) is 10.2 Å². The second-order valence-electron chi connectivity index (χ2n) is 4.76. The monoisotopic (exact) mass is 400 g/mol. The lowest BCUT2D eigenvalue weighted by Crippen LogP contribution is -2.45. The third kappa shape index (κ3) is 4.89. The van der Waals surface area contributed by atoms with Crippen LogP contribution in [0.1, 0.15) is 24.9 Å². The minimum Gasteiger partial charge on any atom is -0.506 e. The predicted octanol–water partition coefficient (Wildman–Crippen LogP) is 3.36. The predicted molar refractivity (Wildman–Crippen MR) is 94.3 cm³/mol. The molecule has 1 aromatic carbocycles. The van der Waals surface area contributed by atoms with Crippen molar-refractivity contribution in [2.45, 2.75) is 19.4 Å². The van der Waals surface area contributed by atoms with Gasteiger partial charge in [-0.2, -0.15) is 0 Å². The number of aromatic hydroxyl groups is 1. The lowest BCUT2D eigenvalue weighted by Gasteiger charge is -2.35. The number of hydrogen-bond donors (Lipinski definition) is 2. The van der Waals surface area contributed by atoms with Crippen LogP contribution in [-0.2, 0) is 0 Å². The molecule has 0 unspecified atom stereocenters. The fourth-order valence-electron chi connectivity index (χ4n) is 2.63. The number of nitrogens with one attached hydrogen (secondary N) is 1. The zero-order valence-electron chi connectivity index (χ0n) is 12.3. The van der Waals surface area contributed by atoms with Gasteiger partial charge in [-0.15, -0.1) is 24.8 Å². The SMILES string of the molecule is CC[C@H](c1cc(OC)cc(Br)c1O)N1CCNCC1.Cl.Cl. The van der Waals surface area contributed by atoms with Crippen LogP contribution in [0.2, 0.25) is 0 Å². The minimum absolute atomic E-state index is 0. The maximum atomic E-state index is 10.3. The Morgan fingerprint density at radius 1 is 1.33 bits per heavy atom. The molecule has 0 amide bonds. The van der Waals surface area contributed by atoms with E-state index >= 15 is 0 Å². The Bertz CT molecular complexity index is 443. The smallest absolute Gasteiger partial charge is 0.134 e. The number of phenolic OH excluding ortho intramolecular Hbond substituents is 1. The molecule has 0 aromatic heterocycles. The lowest BCUT2D eigenvalue weighted by atomic mass is 10.0. The van der Waals surface area contributed by atoms with Crippen molar-refractivity contribution in [3.8, 4) is 11.5 Å². The van der Waals surface area contributed by atoms with Crippen LogP contribution in [0.5, 0.6) is 11.5 Å². The molecule has 0 radical (unpaired) electrons. The molecular weight excluding hydrogens is 379 g/mol. The van der Waals surface area contributed by atoms with Crippen LogP contribution in [0.15, 0.2) is 16.6 Å². The van der Waals surface area contributed by atoms with Crippen molar-refractivity contribution in [1.29, 1.82) is 0 Å². The number of nitrogens with zero attached hydrogens (tertiary/aromatic N) is 1. The fraction of sp³-hybridized carbons (Fsp3) is 0.571. The van der Waals surface area contributed by atoms with Crippen LogP contribution in [0.4, 0.5) is 0 Å². The Labute approximate surface area is 147 Å². The average Bonchev–Trinajstić information content (AvgIpc) is 2.45. The Kier molecular flexibility index (Phi) is 9.65. The first-order valence-corrected chi connectivity index (χ1v) is 7.47. The molecule has 2 N–H and O–H groups in total. The van der Waals surface area contributed by atoms with E-state index in [1.165, 1.54) is 0 Å². The molecule has 1 atom stereocenters. The molecule has 1 fully saturated rings. The van der Waals surface area contributed by atoms with Crippen LogP contribution in [-0.4, -0.2) is 43.3 Å². The highest BCUT2D eigenvalue weighted by molar-refractivity contribution is 9.10. The van der Waals surface area contributed by atoms with Gasteiger partial charge in [0.1, 0.15) is 11.5 Å². The summed E-state index contributed by atoms with van der Waals surface area (Å²) in [6.07, 6.45) is 0.965. The third-order valence-electron chi connectivity index (χ3n) is 3.64. The topological polar surface area (TPSA) is 44.7 Å². The van der Waals surface area contributed by atoms with Crippen molar-refractivity contribution in [2.24, 2.45) is 0 Å². The van der Waals surface area contributed by atoms with Gasteiger partial charge in [0.2, 0.25) is 0 Å².